The summed E-state index contributed by atoms with van der Waals surface area (Å²) in [6.45, 7) is 1.71. The van der Waals surface area contributed by atoms with Gasteiger partial charge in [-0.2, -0.15) is 4.31 Å². The molecule has 4 rings (SSSR count). The summed E-state index contributed by atoms with van der Waals surface area (Å²) in [6.07, 6.45) is 0.453. The number of amides is 1. The number of hydrogen-bond donors (Lipinski definition) is 1. The van der Waals surface area contributed by atoms with Crippen molar-refractivity contribution in [2.24, 2.45) is 0 Å². The predicted octanol–water partition coefficient (Wildman–Crippen LogP) is 0.540. The van der Waals surface area contributed by atoms with E-state index in [0.29, 0.717) is 25.9 Å². The van der Waals surface area contributed by atoms with Crippen LogP contribution in [0.5, 0.6) is 0 Å². The molecule has 3 aliphatic heterocycles. The number of nitro groups is 1. The van der Waals surface area contributed by atoms with Gasteiger partial charge in [0.25, 0.3) is 5.69 Å². The van der Waals surface area contributed by atoms with Crippen LogP contribution < -0.4 is 5.32 Å². The Hall–Kier alpha value is -2.24. The van der Waals surface area contributed by atoms with Gasteiger partial charge in [-0.25, -0.2) is 13.2 Å². The summed E-state index contributed by atoms with van der Waals surface area (Å²) in [5, 5.41) is 14.4. The molecule has 146 valence electrons. The van der Waals surface area contributed by atoms with E-state index in [4.69, 9.17) is 4.74 Å². The summed E-state index contributed by atoms with van der Waals surface area (Å²) in [5.41, 5.74) is -0.428. The molecule has 3 heterocycles. The standard InChI is InChI=1S/C16H20N4O6S/c21-16-19(13-9-17-10-14(13)26-16)11-5-7-18(8-6-11)27(24,25)15-4-2-1-3-12(15)20(22)23/h1-4,11,13-14,17H,5-10H2/t13-,14+/m1/s1. The van der Waals surface area contributed by atoms with Gasteiger partial charge in [-0.05, 0) is 18.9 Å². The summed E-state index contributed by atoms with van der Waals surface area (Å²) in [4.78, 5) is 24.1. The molecule has 2 atom stereocenters. The Morgan fingerprint density at radius 2 is 1.89 bits per heavy atom. The molecule has 0 spiro atoms. The number of rotatable bonds is 4. The fraction of sp³-hybridized carbons (Fsp3) is 0.562. The van der Waals surface area contributed by atoms with Crippen molar-refractivity contribution in [2.75, 3.05) is 26.2 Å². The Balaban J connectivity index is 1.49. The van der Waals surface area contributed by atoms with Gasteiger partial charge in [-0.15, -0.1) is 0 Å². The number of carbonyl (C=O) groups excluding carboxylic acids is 1. The third kappa shape index (κ3) is 3.05. The lowest BCUT2D eigenvalue weighted by Crippen LogP contribution is -2.50. The molecule has 3 fully saturated rings. The first-order valence-corrected chi connectivity index (χ1v) is 10.3. The zero-order valence-electron chi connectivity index (χ0n) is 14.5. The maximum Gasteiger partial charge on any atom is 0.410 e. The van der Waals surface area contributed by atoms with Crippen LogP contribution in [-0.2, 0) is 14.8 Å². The highest BCUT2D eigenvalue weighted by molar-refractivity contribution is 7.89. The number of para-hydroxylation sites is 1. The first-order chi connectivity index (χ1) is 12.9. The van der Waals surface area contributed by atoms with Crippen molar-refractivity contribution in [1.29, 1.82) is 0 Å². The smallest absolute Gasteiger partial charge is 0.410 e. The molecular formula is C16H20N4O6S. The average molecular weight is 396 g/mol. The number of hydrogen-bond acceptors (Lipinski definition) is 7. The number of sulfonamides is 1. The summed E-state index contributed by atoms with van der Waals surface area (Å²) in [7, 11) is -3.97. The lowest BCUT2D eigenvalue weighted by atomic mass is 10.0. The highest BCUT2D eigenvalue weighted by Gasteiger charge is 2.48. The molecule has 0 radical (unpaired) electrons. The molecule has 0 aromatic heterocycles. The second-order valence-corrected chi connectivity index (χ2v) is 8.82. The van der Waals surface area contributed by atoms with E-state index in [1.807, 2.05) is 0 Å². The van der Waals surface area contributed by atoms with Gasteiger partial charge in [0.1, 0.15) is 6.10 Å². The SMILES string of the molecule is O=C1O[C@H]2CNC[C@H]2N1C1CCN(S(=O)(=O)c2ccccc2[N+](=O)[O-])CC1. The number of nitrogens with zero attached hydrogens (tertiary/aromatic N) is 3. The largest absolute Gasteiger partial charge is 0.442 e. The van der Waals surface area contributed by atoms with E-state index < -0.39 is 20.6 Å². The number of carbonyl (C=O) groups is 1. The van der Waals surface area contributed by atoms with Crippen LogP contribution in [0.2, 0.25) is 0 Å². The number of nitro benzene ring substituents is 1. The molecule has 1 amide bonds. The zero-order valence-corrected chi connectivity index (χ0v) is 15.3. The van der Waals surface area contributed by atoms with Crippen molar-refractivity contribution in [2.45, 2.75) is 35.9 Å². The van der Waals surface area contributed by atoms with Crippen LogP contribution in [0.3, 0.4) is 0 Å². The number of fused-ring (bicyclic) bond motifs is 1. The molecule has 1 aromatic rings. The van der Waals surface area contributed by atoms with E-state index in [9.17, 15) is 23.3 Å². The highest BCUT2D eigenvalue weighted by atomic mass is 32.2. The lowest BCUT2D eigenvalue weighted by molar-refractivity contribution is -0.387. The van der Waals surface area contributed by atoms with Crippen molar-refractivity contribution in [1.82, 2.24) is 14.5 Å². The average Bonchev–Trinajstić information content (AvgIpc) is 3.21. The molecule has 3 aliphatic rings. The number of benzene rings is 1. The Labute approximate surface area is 156 Å². The van der Waals surface area contributed by atoms with Crippen LogP contribution in [0.15, 0.2) is 29.2 Å². The first kappa shape index (κ1) is 18.1. The molecule has 1 N–H and O–H groups in total. The summed E-state index contributed by atoms with van der Waals surface area (Å²) >= 11 is 0. The monoisotopic (exact) mass is 396 g/mol. The van der Waals surface area contributed by atoms with Gasteiger partial charge in [0.2, 0.25) is 10.0 Å². The molecular weight excluding hydrogens is 376 g/mol. The Morgan fingerprint density at radius 1 is 1.19 bits per heavy atom. The van der Waals surface area contributed by atoms with Gasteiger partial charge in [0.05, 0.1) is 11.0 Å². The Bertz CT molecular complexity index is 867. The van der Waals surface area contributed by atoms with Crippen LogP contribution in [0, 0.1) is 10.1 Å². The van der Waals surface area contributed by atoms with Gasteiger partial charge in [-0.3, -0.25) is 15.0 Å². The van der Waals surface area contributed by atoms with Crippen LogP contribution in [-0.4, -0.2) is 73.0 Å². The fourth-order valence-electron chi connectivity index (χ4n) is 4.11. The maximum absolute atomic E-state index is 12.9. The third-order valence-corrected chi connectivity index (χ3v) is 7.39. The van der Waals surface area contributed by atoms with Crippen LogP contribution in [0.25, 0.3) is 0 Å². The van der Waals surface area contributed by atoms with E-state index in [0.717, 1.165) is 0 Å². The number of piperidine rings is 1. The molecule has 0 saturated carbocycles. The molecule has 27 heavy (non-hydrogen) atoms. The van der Waals surface area contributed by atoms with Crippen molar-refractivity contribution >= 4 is 21.8 Å². The van der Waals surface area contributed by atoms with Crippen LogP contribution >= 0.6 is 0 Å². The van der Waals surface area contributed by atoms with Crippen molar-refractivity contribution in [3.8, 4) is 0 Å². The Morgan fingerprint density at radius 3 is 2.59 bits per heavy atom. The summed E-state index contributed by atoms with van der Waals surface area (Å²) in [5.74, 6) is 0. The maximum atomic E-state index is 12.9. The van der Waals surface area contributed by atoms with Gasteiger partial charge >= 0.3 is 6.09 Å². The highest BCUT2D eigenvalue weighted by Crippen LogP contribution is 2.32. The van der Waals surface area contributed by atoms with Crippen molar-refractivity contribution < 1.29 is 22.9 Å². The third-order valence-electron chi connectivity index (χ3n) is 5.45. The van der Waals surface area contributed by atoms with E-state index in [-0.39, 0.29) is 42.3 Å². The van der Waals surface area contributed by atoms with Crippen molar-refractivity contribution in [3.63, 3.8) is 0 Å². The van der Waals surface area contributed by atoms with Crippen molar-refractivity contribution in [3.05, 3.63) is 34.4 Å². The first-order valence-electron chi connectivity index (χ1n) is 8.83. The van der Waals surface area contributed by atoms with Gasteiger partial charge in [-0.1, -0.05) is 12.1 Å². The van der Waals surface area contributed by atoms with Gasteiger partial charge in [0.15, 0.2) is 4.90 Å². The summed E-state index contributed by atoms with van der Waals surface area (Å²) in [6, 6.07) is 5.25. The second-order valence-electron chi connectivity index (χ2n) is 6.92. The molecule has 3 saturated heterocycles. The molecule has 11 heteroatoms. The van der Waals surface area contributed by atoms with Gasteiger partial charge < -0.3 is 10.1 Å². The summed E-state index contributed by atoms with van der Waals surface area (Å²) < 4.78 is 32.4. The molecule has 1 aromatic carbocycles. The quantitative estimate of drug-likeness (QED) is 0.582. The van der Waals surface area contributed by atoms with E-state index in [1.54, 1.807) is 4.90 Å². The molecule has 10 nitrogen and oxygen atoms in total. The molecule has 0 unspecified atom stereocenters. The van der Waals surface area contributed by atoms with E-state index in [2.05, 4.69) is 5.32 Å². The van der Waals surface area contributed by atoms with E-state index in [1.165, 1.54) is 28.6 Å². The number of ether oxygens (including phenoxy) is 1. The van der Waals surface area contributed by atoms with E-state index >= 15 is 0 Å². The van der Waals surface area contributed by atoms with Crippen LogP contribution in [0.1, 0.15) is 12.8 Å². The predicted molar refractivity (Wildman–Crippen MR) is 93.6 cm³/mol. The lowest BCUT2D eigenvalue weighted by Gasteiger charge is -2.36. The Kier molecular flexibility index (Phi) is 4.52. The second kappa shape index (κ2) is 6.73. The fourth-order valence-corrected chi connectivity index (χ4v) is 5.74. The van der Waals surface area contributed by atoms with Gasteiger partial charge in [0, 0.05) is 38.3 Å². The molecule has 0 bridgehead atoms. The molecule has 0 aliphatic carbocycles. The zero-order chi connectivity index (χ0) is 19.2. The minimum atomic E-state index is -3.97. The minimum absolute atomic E-state index is 0.0131. The van der Waals surface area contributed by atoms with Crippen LogP contribution in [0.4, 0.5) is 10.5 Å². The topological polar surface area (TPSA) is 122 Å². The normalized spacial score (nSPS) is 26.8. The number of nitrogens with one attached hydrogen (secondary N) is 1. The minimum Gasteiger partial charge on any atom is -0.442 e.